The van der Waals surface area contributed by atoms with Gasteiger partial charge in [-0.05, 0) is 25.1 Å². The van der Waals surface area contributed by atoms with Crippen molar-refractivity contribution in [3.05, 3.63) is 33.8 Å². The Morgan fingerprint density at radius 1 is 1.30 bits per heavy atom. The van der Waals surface area contributed by atoms with Gasteiger partial charge in [-0.2, -0.15) is 0 Å². The maximum atomic E-state index is 12.4. The zero-order chi connectivity index (χ0) is 14.9. The lowest BCUT2D eigenvalue weighted by Crippen LogP contribution is -2.44. The third-order valence-electron chi connectivity index (χ3n) is 3.03. The summed E-state index contributed by atoms with van der Waals surface area (Å²) in [6, 6.07) is 3.69. The van der Waals surface area contributed by atoms with Gasteiger partial charge < -0.3 is 4.90 Å². The molecule has 1 heterocycles. The molecule has 1 aromatic carbocycles. The smallest absolute Gasteiger partial charge is 0.254 e. The van der Waals surface area contributed by atoms with E-state index >= 15 is 0 Å². The van der Waals surface area contributed by atoms with Gasteiger partial charge in [0, 0.05) is 22.2 Å². The molecule has 2 rings (SSSR count). The van der Waals surface area contributed by atoms with E-state index < -0.39 is 11.9 Å². The first-order valence-electron chi connectivity index (χ1n) is 6.03. The topological polar surface area (TPSA) is 66.5 Å². The highest BCUT2D eigenvalue weighted by atomic mass is 35.5. The Bertz CT molecular complexity index is 569. The minimum absolute atomic E-state index is 0.0211. The van der Waals surface area contributed by atoms with E-state index in [2.05, 4.69) is 5.32 Å². The van der Waals surface area contributed by atoms with Crippen molar-refractivity contribution in [2.75, 3.05) is 6.54 Å². The van der Waals surface area contributed by atoms with Crippen LogP contribution in [0.2, 0.25) is 10.0 Å². The molecule has 5 nitrogen and oxygen atoms in total. The first-order valence-corrected chi connectivity index (χ1v) is 6.78. The van der Waals surface area contributed by atoms with Crippen molar-refractivity contribution in [2.24, 2.45) is 0 Å². The van der Waals surface area contributed by atoms with Crippen LogP contribution in [0.3, 0.4) is 0 Å². The molecule has 0 unspecified atom stereocenters. The fourth-order valence-electron chi connectivity index (χ4n) is 2.14. The normalized spacial score (nSPS) is 18.1. The Morgan fingerprint density at radius 2 is 1.90 bits per heavy atom. The summed E-state index contributed by atoms with van der Waals surface area (Å²) in [7, 11) is 0. The Morgan fingerprint density at radius 3 is 2.35 bits per heavy atom. The monoisotopic (exact) mass is 314 g/mol. The average Bonchev–Trinajstić information content (AvgIpc) is 2.68. The number of imide groups is 1. The molecule has 7 heteroatoms. The number of carbonyl (C=O) groups is 3. The van der Waals surface area contributed by atoms with Crippen LogP contribution >= 0.6 is 23.2 Å². The number of rotatable bonds is 3. The SMILES string of the molecule is CCN(C(=O)c1cc(Cl)cc(Cl)c1)[C@@H]1CC(=O)NC1=O. The number of benzene rings is 1. The van der Waals surface area contributed by atoms with Crippen LogP contribution in [-0.4, -0.2) is 35.2 Å². The van der Waals surface area contributed by atoms with Crippen LogP contribution in [0.4, 0.5) is 0 Å². The first-order chi connectivity index (χ1) is 9.42. The summed E-state index contributed by atoms with van der Waals surface area (Å²) in [6.07, 6.45) is -0.0211. The van der Waals surface area contributed by atoms with Crippen LogP contribution in [0.5, 0.6) is 0 Å². The van der Waals surface area contributed by atoms with Gasteiger partial charge >= 0.3 is 0 Å². The maximum Gasteiger partial charge on any atom is 0.254 e. The van der Waals surface area contributed by atoms with Crippen molar-refractivity contribution in [2.45, 2.75) is 19.4 Å². The molecule has 1 fully saturated rings. The Hall–Kier alpha value is -1.59. The van der Waals surface area contributed by atoms with Crippen molar-refractivity contribution in [1.82, 2.24) is 10.2 Å². The molecule has 0 radical (unpaired) electrons. The summed E-state index contributed by atoms with van der Waals surface area (Å²) in [6.45, 7) is 2.04. The second-order valence-corrected chi connectivity index (χ2v) is 5.25. The highest BCUT2D eigenvalue weighted by Crippen LogP contribution is 2.22. The van der Waals surface area contributed by atoms with Crippen LogP contribution in [0, 0.1) is 0 Å². The number of carbonyl (C=O) groups excluding carboxylic acids is 3. The highest BCUT2D eigenvalue weighted by Gasteiger charge is 2.37. The van der Waals surface area contributed by atoms with E-state index in [-0.39, 0.29) is 23.8 Å². The van der Waals surface area contributed by atoms with Gasteiger partial charge in [-0.1, -0.05) is 23.2 Å². The number of nitrogens with zero attached hydrogens (tertiary/aromatic N) is 1. The molecule has 0 aromatic heterocycles. The van der Waals surface area contributed by atoms with Crippen molar-refractivity contribution >= 4 is 40.9 Å². The maximum absolute atomic E-state index is 12.4. The molecule has 20 heavy (non-hydrogen) atoms. The molecular weight excluding hydrogens is 303 g/mol. The minimum atomic E-state index is -0.780. The fourth-order valence-corrected chi connectivity index (χ4v) is 2.67. The summed E-state index contributed by atoms with van der Waals surface area (Å²) in [5.41, 5.74) is 0.288. The second-order valence-electron chi connectivity index (χ2n) is 4.38. The fraction of sp³-hybridized carbons (Fsp3) is 0.308. The van der Waals surface area contributed by atoms with E-state index in [9.17, 15) is 14.4 Å². The van der Waals surface area contributed by atoms with Crippen molar-refractivity contribution < 1.29 is 14.4 Å². The van der Waals surface area contributed by atoms with Crippen molar-refractivity contribution in [3.63, 3.8) is 0 Å². The van der Waals surface area contributed by atoms with Gasteiger partial charge in [-0.15, -0.1) is 0 Å². The molecule has 0 aliphatic carbocycles. The molecule has 106 valence electrons. The number of halogens is 2. The molecule has 0 saturated carbocycles. The summed E-state index contributed by atoms with van der Waals surface area (Å²) >= 11 is 11.7. The summed E-state index contributed by atoms with van der Waals surface area (Å²) in [5.74, 6) is -1.22. The van der Waals surface area contributed by atoms with Crippen LogP contribution < -0.4 is 5.32 Å². The lowest BCUT2D eigenvalue weighted by Gasteiger charge is -2.25. The van der Waals surface area contributed by atoms with Crippen molar-refractivity contribution in [1.29, 1.82) is 0 Å². The highest BCUT2D eigenvalue weighted by molar-refractivity contribution is 6.35. The van der Waals surface area contributed by atoms with Crippen LogP contribution in [0.15, 0.2) is 18.2 Å². The summed E-state index contributed by atoms with van der Waals surface area (Å²) in [4.78, 5) is 36.7. The Kier molecular flexibility index (Phi) is 4.30. The average molecular weight is 315 g/mol. The van der Waals surface area contributed by atoms with E-state index in [0.29, 0.717) is 16.6 Å². The summed E-state index contributed by atoms with van der Waals surface area (Å²) in [5, 5.41) is 2.86. The molecule has 0 bridgehead atoms. The van der Waals surface area contributed by atoms with Crippen molar-refractivity contribution in [3.8, 4) is 0 Å². The van der Waals surface area contributed by atoms with Crippen LogP contribution in [0.25, 0.3) is 0 Å². The van der Waals surface area contributed by atoms with Gasteiger partial charge in [-0.25, -0.2) is 0 Å². The molecular formula is C13H12Cl2N2O3. The minimum Gasteiger partial charge on any atom is -0.326 e. The van der Waals surface area contributed by atoms with E-state index in [1.165, 1.54) is 23.1 Å². The van der Waals surface area contributed by atoms with E-state index in [1.54, 1.807) is 6.92 Å². The van der Waals surface area contributed by atoms with E-state index in [1.807, 2.05) is 0 Å². The van der Waals surface area contributed by atoms with Gasteiger partial charge in [-0.3, -0.25) is 19.7 Å². The standard InChI is InChI=1S/C13H12Cl2N2O3/c1-2-17(10-6-11(18)16-12(10)19)13(20)7-3-8(14)5-9(15)4-7/h3-5,10H,2,6H2,1H3,(H,16,18,19)/t10-/m1/s1. The largest absolute Gasteiger partial charge is 0.326 e. The van der Waals surface area contributed by atoms with Gasteiger partial charge in [0.05, 0.1) is 6.42 Å². The van der Waals surface area contributed by atoms with E-state index in [0.717, 1.165) is 0 Å². The molecule has 1 saturated heterocycles. The van der Waals surface area contributed by atoms with Gasteiger partial charge in [0.2, 0.25) is 11.8 Å². The van der Waals surface area contributed by atoms with Crippen LogP contribution in [0.1, 0.15) is 23.7 Å². The van der Waals surface area contributed by atoms with Gasteiger partial charge in [0.25, 0.3) is 5.91 Å². The second kappa shape index (κ2) is 5.81. The third kappa shape index (κ3) is 2.94. The predicted octanol–water partition coefficient (Wildman–Crippen LogP) is 1.87. The number of hydrogen-bond donors (Lipinski definition) is 1. The first kappa shape index (κ1) is 14.8. The molecule has 1 aliphatic heterocycles. The Labute approximate surface area is 125 Å². The summed E-state index contributed by atoms with van der Waals surface area (Å²) < 4.78 is 0. The van der Waals surface area contributed by atoms with Gasteiger partial charge in [0.1, 0.15) is 6.04 Å². The third-order valence-corrected chi connectivity index (χ3v) is 3.47. The molecule has 3 amide bonds. The zero-order valence-electron chi connectivity index (χ0n) is 10.7. The van der Waals surface area contributed by atoms with E-state index in [4.69, 9.17) is 23.2 Å². The molecule has 0 spiro atoms. The van der Waals surface area contributed by atoms with Crippen LogP contribution in [-0.2, 0) is 9.59 Å². The molecule has 1 aliphatic rings. The molecule has 1 aromatic rings. The zero-order valence-corrected chi connectivity index (χ0v) is 12.2. The predicted molar refractivity (Wildman–Crippen MR) is 74.7 cm³/mol. The molecule has 1 N–H and O–H groups in total. The van der Waals surface area contributed by atoms with Gasteiger partial charge in [0.15, 0.2) is 0 Å². The lowest BCUT2D eigenvalue weighted by molar-refractivity contribution is -0.126. The quantitative estimate of drug-likeness (QED) is 0.866. The number of amides is 3. The number of nitrogens with one attached hydrogen (secondary N) is 1. The molecule has 1 atom stereocenters. The Balaban J connectivity index is 2.29. The number of hydrogen-bond acceptors (Lipinski definition) is 3. The lowest BCUT2D eigenvalue weighted by atomic mass is 10.1. The number of likely N-dealkylation sites (N-methyl/N-ethyl adjacent to an activating group) is 1.